The van der Waals surface area contributed by atoms with E-state index in [1.54, 1.807) is 24.4 Å². The van der Waals surface area contributed by atoms with Crippen LogP contribution in [0.5, 0.6) is 0 Å². The predicted octanol–water partition coefficient (Wildman–Crippen LogP) is 3.91. The Kier molecular flexibility index (Phi) is 5.78. The van der Waals surface area contributed by atoms with Crippen LogP contribution in [0.1, 0.15) is 10.4 Å². The lowest BCUT2D eigenvalue weighted by molar-refractivity contribution is -0.139. The van der Waals surface area contributed by atoms with Gasteiger partial charge in [-0.25, -0.2) is 4.98 Å². The molecule has 0 N–H and O–H groups in total. The normalized spacial score (nSPS) is 10.6. The van der Waals surface area contributed by atoms with Gasteiger partial charge in [-0.05, 0) is 18.2 Å². The number of rotatable bonds is 6. The van der Waals surface area contributed by atoms with Crippen molar-refractivity contribution in [2.24, 2.45) is 0 Å². The molecule has 3 rings (SSSR count). The van der Waals surface area contributed by atoms with Crippen LogP contribution in [0.3, 0.4) is 0 Å². The van der Waals surface area contributed by atoms with Gasteiger partial charge >= 0.3 is 5.97 Å². The van der Waals surface area contributed by atoms with E-state index in [2.05, 4.69) is 25.9 Å². The number of aromatic nitrogens is 2. The molecule has 0 atom stereocenters. The Labute approximate surface area is 156 Å². The van der Waals surface area contributed by atoms with Gasteiger partial charge in [0, 0.05) is 10.0 Å². The highest BCUT2D eigenvalue weighted by molar-refractivity contribution is 9.10. The molecule has 3 aromatic rings. The molecule has 7 heteroatoms. The van der Waals surface area contributed by atoms with E-state index in [1.165, 1.54) is 11.8 Å². The number of hydrogen-bond donors (Lipinski definition) is 0. The van der Waals surface area contributed by atoms with Crippen LogP contribution in [0.15, 0.2) is 64.2 Å². The van der Waals surface area contributed by atoms with Crippen molar-refractivity contribution in [1.29, 1.82) is 0 Å². The Morgan fingerprint density at radius 3 is 2.56 bits per heavy atom. The third-order valence-corrected chi connectivity index (χ3v) is 4.87. The van der Waals surface area contributed by atoms with E-state index in [4.69, 9.17) is 4.74 Å². The van der Waals surface area contributed by atoms with Crippen LogP contribution in [-0.4, -0.2) is 34.1 Å². The SMILES string of the molecule is O=C(CSc1cnc2ccccc2n1)OCC(=O)c1ccccc1Br. The molecule has 1 aromatic heterocycles. The largest absolute Gasteiger partial charge is 0.457 e. The molecule has 25 heavy (non-hydrogen) atoms. The molecule has 5 nitrogen and oxygen atoms in total. The summed E-state index contributed by atoms with van der Waals surface area (Å²) in [6.45, 7) is -0.286. The number of Topliss-reactive ketones (excluding diaryl/α,β-unsaturated/α-hetero) is 1. The first kappa shape index (κ1) is 17.6. The Balaban J connectivity index is 1.52. The number of hydrogen-bond acceptors (Lipinski definition) is 6. The Hall–Kier alpha value is -2.25. The molecule has 0 saturated carbocycles. The van der Waals surface area contributed by atoms with Crippen molar-refractivity contribution in [2.45, 2.75) is 5.03 Å². The topological polar surface area (TPSA) is 69.2 Å². The molecule has 0 aliphatic carbocycles. The van der Waals surface area contributed by atoms with Crippen molar-refractivity contribution in [3.8, 4) is 0 Å². The minimum absolute atomic E-state index is 0.0657. The minimum Gasteiger partial charge on any atom is -0.457 e. The average Bonchev–Trinajstić information content (AvgIpc) is 2.64. The van der Waals surface area contributed by atoms with Crippen LogP contribution in [0.2, 0.25) is 0 Å². The number of ketones is 1. The molecule has 1 heterocycles. The Morgan fingerprint density at radius 1 is 1.04 bits per heavy atom. The average molecular weight is 417 g/mol. The van der Waals surface area contributed by atoms with Crippen molar-refractivity contribution < 1.29 is 14.3 Å². The summed E-state index contributed by atoms with van der Waals surface area (Å²) in [6.07, 6.45) is 1.62. The van der Waals surface area contributed by atoms with E-state index in [0.29, 0.717) is 15.1 Å². The number of halogens is 1. The van der Waals surface area contributed by atoms with Crippen molar-refractivity contribution in [1.82, 2.24) is 9.97 Å². The summed E-state index contributed by atoms with van der Waals surface area (Å²) in [5.74, 6) is -0.660. The van der Waals surface area contributed by atoms with Gasteiger partial charge in [-0.3, -0.25) is 14.6 Å². The Bertz CT molecular complexity index is 933. The van der Waals surface area contributed by atoms with Crippen LogP contribution >= 0.6 is 27.7 Å². The first-order valence-electron chi connectivity index (χ1n) is 7.41. The van der Waals surface area contributed by atoms with Gasteiger partial charge in [-0.2, -0.15) is 0 Å². The van der Waals surface area contributed by atoms with Gasteiger partial charge in [0.2, 0.25) is 5.78 Å². The molecule has 2 aromatic carbocycles. The van der Waals surface area contributed by atoms with Gasteiger partial charge in [0.25, 0.3) is 0 Å². The summed E-state index contributed by atoms with van der Waals surface area (Å²) in [6, 6.07) is 14.5. The molecule has 0 fully saturated rings. The molecule has 0 amide bonds. The van der Waals surface area contributed by atoms with Gasteiger partial charge < -0.3 is 4.74 Å². The lowest BCUT2D eigenvalue weighted by Crippen LogP contribution is -2.16. The highest BCUT2D eigenvalue weighted by atomic mass is 79.9. The van der Waals surface area contributed by atoms with Gasteiger partial charge in [-0.1, -0.05) is 58.0 Å². The second-order valence-corrected chi connectivity index (χ2v) is 6.90. The maximum Gasteiger partial charge on any atom is 0.316 e. The van der Waals surface area contributed by atoms with E-state index in [0.717, 1.165) is 11.0 Å². The number of fused-ring (bicyclic) bond motifs is 1. The van der Waals surface area contributed by atoms with E-state index in [9.17, 15) is 9.59 Å². The molecule has 0 aliphatic heterocycles. The van der Waals surface area contributed by atoms with Crippen molar-refractivity contribution in [3.05, 3.63) is 64.8 Å². The fourth-order valence-electron chi connectivity index (χ4n) is 2.10. The fourth-order valence-corrected chi connectivity index (χ4v) is 3.24. The maximum absolute atomic E-state index is 12.1. The highest BCUT2D eigenvalue weighted by Crippen LogP contribution is 2.19. The number of carbonyl (C=O) groups excluding carboxylic acids is 2. The number of nitrogens with zero attached hydrogens (tertiary/aromatic N) is 2. The molecule has 0 spiro atoms. The summed E-state index contributed by atoms with van der Waals surface area (Å²) < 4.78 is 5.72. The molecule has 0 saturated heterocycles. The van der Waals surface area contributed by atoms with Crippen LogP contribution in [-0.2, 0) is 9.53 Å². The third kappa shape index (κ3) is 4.64. The Morgan fingerprint density at radius 2 is 1.76 bits per heavy atom. The molecule has 0 unspecified atom stereocenters. The van der Waals surface area contributed by atoms with E-state index in [-0.39, 0.29) is 18.1 Å². The van der Waals surface area contributed by atoms with Crippen molar-refractivity contribution in [3.63, 3.8) is 0 Å². The van der Waals surface area contributed by atoms with E-state index < -0.39 is 5.97 Å². The zero-order valence-corrected chi connectivity index (χ0v) is 15.4. The van der Waals surface area contributed by atoms with Crippen LogP contribution in [0.25, 0.3) is 11.0 Å². The molecule has 126 valence electrons. The maximum atomic E-state index is 12.1. The quantitative estimate of drug-likeness (QED) is 0.344. The number of benzene rings is 2. The molecule has 0 aliphatic rings. The molecule has 0 radical (unpaired) electrons. The monoisotopic (exact) mass is 416 g/mol. The smallest absolute Gasteiger partial charge is 0.316 e. The highest BCUT2D eigenvalue weighted by Gasteiger charge is 2.13. The van der Waals surface area contributed by atoms with Gasteiger partial charge in [0.1, 0.15) is 5.03 Å². The number of thioether (sulfide) groups is 1. The summed E-state index contributed by atoms with van der Waals surface area (Å²) in [5, 5.41) is 0.632. The van der Waals surface area contributed by atoms with Crippen molar-refractivity contribution >= 4 is 50.5 Å². The molecular weight excluding hydrogens is 404 g/mol. The number of para-hydroxylation sites is 2. The zero-order valence-electron chi connectivity index (χ0n) is 13.0. The van der Waals surface area contributed by atoms with Gasteiger partial charge in [-0.15, -0.1) is 0 Å². The summed E-state index contributed by atoms with van der Waals surface area (Å²) in [4.78, 5) is 32.6. The summed E-state index contributed by atoms with van der Waals surface area (Å²) in [7, 11) is 0. The third-order valence-electron chi connectivity index (χ3n) is 3.30. The lowest BCUT2D eigenvalue weighted by Gasteiger charge is -2.06. The fraction of sp³-hybridized carbons (Fsp3) is 0.111. The number of carbonyl (C=O) groups is 2. The standard InChI is InChI=1S/C18H13BrN2O3S/c19-13-6-2-1-5-12(13)16(22)10-24-18(23)11-25-17-9-20-14-7-3-4-8-15(14)21-17/h1-9H,10-11H2. The second kappa shape index (κ2) is 8.22. The summed E-state index contributed by atoms with van der Waals surface area (Å²) >= 11 is 4.53. The zero-order chi connectivity index (χ0) is 17.6. The summed E-state index contributed by atoms with van der Waals surface area (Å²) in [5.41, 5.74) is 2.06. The first-order valence-corrected chi connectivity index (χ1v) is 9.19. The lowest BCUT2D eigenvalue weighted by atomic mass is 10.1. The van der Waals surface area contributed by atoms with Crippen molar-refractivity contribution in [2.75, 3.05) is 12.4 Å². The van der Waals surface area contributed by atoms with Gasteiger partial charge in [0.15, 0.2) is 6.61 Å². The number of ether oxygens (including phenoxy) is 1. The predicted molar refractivity (Wildman–Crippen MR) is 99.7 cm³/mol. The first-order chi connectivity index (χ1) is 12.1. The van der Waals surface area contributed by atoms with Crippen LogP contribution in [0.4, 0.5) is 0 Å². The number of esters is 1. The van der Waals surface area contributed by atoms with E-state index >= 15 is 0 Å². The van der Waals surface area contributed by atoms with Crippen LogP contribution < -0.4 is 0 Å². The molecular formula is C18H13BrN2O3S. The molecule has 0 bridgehead atoms. The van der Waals surface area contributed by atoms with Crippen LogP contribution in [0, 0.1) is 0 Å². The van der Waals surface area contributed by atoms with Gasteiger partial charge in [0.05, 0.1) is 23.0 Å². The second-order valence-electron chi connectivity index (χ2n) is 5.05. The van der Waals surface area contributed by atoms with E-state index in [1.807, 2.05) is 30.3 Å². The minimum atomic E-state index is -0.472.